The average molecular weight is 336 g/mol. The van der Waals surface area contributed by atoms with Crippen LogP contribution in [-0.4, -0.2) is 30.0 Å². The Morgan fingerprint density at radius 3 is 2.57 bits per heavy atom. The van der Waals surface area contributed by atoms with Gasteiger partial charge in [0, 0.05) is 23.3 Å². The minimum absolute atomic E-state index is 0.132. The number of halogens is 1. The van der Waals surface area contributed by atoms with Crippen molar-refractivity contribution in [3.63, 3.8) is 0 Å². The molecule has 1 aromatic carbocycles. The Kier molecular flexibility index (Phi) is 5.11. The van der Waals surface area contributed by atoms with Gasteiger partial charge in [-0.3, -0.25) is 4.79 Å². The van der Waals surface area contributed by atoms with E-state index in [1.807, 2.05) is 0 Å². The maximum atomic E-state index is 12.5. The van der Waals surface area contributed by atoms with Crippen molar-refractivity contribution in [1.82, 2.24) is 4.57 Å². The van der Waals surface area contributed by atoms with Crippen LogP contribution in [0.15, 0.2) is 24.3 Å². The summed E-state index contributed by atoms with van der Waals surface area (Å²) in [7, 11) is 3.04. The van der Waals surface area contributed by atoms with Crippen molar-refractivity contribution >= 4 is 23.4 Å². The number of benzene rings is 1. The van der Waals surface area contributed by atoms with Crippen LogP contribution in [0.4, 0.5) is 0 Å². The van der Waals surface area contributed by atoms with E-state index in [2.05, 4.69) is 0 Å². The highest BCUT2D eigenvalue weighted by Crippen LogP contribution is 2.23. The van der Waals surface area contributed by atoms with Crippen molar-refractivity contribution in [2.45, 2.75) is 13.8 Å². The molecule has 0 saturated carbocycles. The maximum Gasteiger partial charge on any atom is 0.354 e. The number of nitrogens with zero attached hydrogens (tertiary/aromatic N) is 1. The lowest BCUT2D eigenvalue weighted by molar-refractivity contribution is 0.0588. The van der Waals surface area contributed by atoms with Gasteiger partial charge in [0.15, 0.2) is 6.61 Å². The van der Waals surface area contributed by atoms with Crippen molar-refractivity contribution in [3.8, 4) is 5.75 Å². The number of Topliss-reactive ketones (excluding diaryl/α,β-unsaturated/α-hetero) is 1. The Morgan fingerprint density at radius 2 is 1.96 bits per heavy atom. The van der Waals surface area contributed by atoms with Gasteiger partial charge in [0.05, 0.1) is 7.11 Å². The number of hydrogen-bond donors (Lipinski definition) is 0. The molecule has 122 valence electrons. The number of ether oxygens (including phenoxy) is 2. The average Bonchev–Trinajstić information content (AvgIpc) is 2.74. The summed E-state index contributed by atoms with van der Waals surface area (Å²) in [5.41, 5.74) is 2.14. The quantitative estimate of drug-likeness (QED) is 0.621. The van der Waals surface area contributed by atoms with E-state index >= 15 is 0 Å². The van der Waals surface area contributed by atoms with Crippen LogP contribution < -0.4 is 4.74 Å². The number of rotatable bonds is 5. The van der Waals surface area contributed by atoms with Crippen LogP contribution in [0.1, 0.15) is 32.1 Å². The summed E-state index contributed by atoms with van der Waals surface area (Å²) in [5.74, 6) is -0.154. The van der Waals surface area contributed by atoms with Gasteiger partial charge in [-0.1, -0.05) is 17.7 Å². The third-order valence-electron chi connectivity index (χ3n) is 3.75. The molecule has 2 rings (SSSR count). The van der Waals surface area contributed by atoms with Crippen LogP contribution in [0, 0.1) is 13.8 Å². The number of esters is 1. The van der Waals surface area contributed by atoms with E-state index in [1.165, 1.54) is 7.11 Å². The highest BCUT2D eigenvalue weighted by molar-refractivity contribution is 6.30. The highest BCUT2D eigenvalue weighted by Gasteiger charge is 2.25. The van der Waals surface area contributed by atoms with Crippen molar-refractivity contribution in [2.24, 2.45) is 7.05 Å². The maximum absolute atomic E-state index is 12.5. The SMILES string of the molecule is COC(=O)c1c(C)c(C(=O)COc2cccc(Cl)c2)c(C)n1C. The second-order valence-electron chi connectivity index (χ2n) is 5.15. The third-order valence-corrected chi connectivity index (χ3v) is 3.99. The minimum atomic E-state index is -0.470. The number of carbonyl (C=O) groups is 2. The Bertz CT molecular complexity index is 764. The van der Waals surface area contributed by atoms with E-state index in [4.69, 9.17) is 21.1 Å². The summed E-state index contributed by atoms with van der Waals surface area (Å²) in [5, 5.41) is 0.537. The molecule has 0 N–H and O–H groups in total. The predicted octanol–water partition coefficient (Wildman–Crippen LogP) is 3.34. The molecule has 0 radical (unpaired) electrons. The highest BCUT2D eigenvalue weighted by atomic mass is 35.5. The van der Waals surface area contributed by atoms with E-state index in [0.29, 0.717) is 33.3 Å². The minimum Gasteiger partial charge on any atom is -0.485 e. The van der Waals surface area contributed by atoms with Crippen LogP contribution >= 0.6 is 11.6 Å². The zero-order chi connectivity index (χ0) is 17.1. The Morgan fingerprint density at radius 1 is 1.26 bits per heavy atom. The van der Waals surface area contributed by atoms with Gasteiger partial charge in [-0.25, -0.2) is 4.79 Å². The van der Waals surface area contributed by atoms with Gasteiger partial charge in [0.2, 0.25) is 5.78 Å². The zero-order valence-electron chi connectivity index (χ0n) is 13.5. The summed E-state index contributed by atoms with van der Waals surface area (Å²) >= 11 is 5.88. The fourth-order valence-electron chi connectivity index (χ4n) is 2.55. The second-order valence-corrected chi connectivity index (χ2v) is 5.59. The normalized spacial score (nSPS) is 10.5. The van der Waals surface area contributed by atoms with Crippen LogP contribution in [0.5, 0.6) is 5.75 Å². The largest absolute Gasteiger partial charge is 0.485 e. The molecule has 0 aliphatic heterocycles. The molecule has 23 heavy (non-hydrogen) atoms. The summed E-state index contributed by atoms with van der Waals surface area (Å²) in [6, 6.07) is 6.84. The summed E-state index contributed by atoms with van der Waals surface area (Å²) in [6.45, 7) is 3.38. The molecule has 1 heterocycles. The number of ketones is 1. The molecular formula is C17H18ClNO4. The Labute approximate surface area is 139 Å². The van der Waals surface area contributed by atoms with Gasteiger partial charge >= 0.3 is 5.97 Å². The monoisotopic (exact) mass is 335 g/mol. The summed E-state index contributed by atoms with van der Waals surface area (Å²) in [6.07, 6.45) is 0. The first-order valence-electron chi connectivity index (χ1n) is 7.02. The smallest absolute Gasteiger partial charge is 0.354 e. The van der Waals surface area contributed by atoms with Crippen LogP contribution in [0.3, 0.4) is 0 Å². The van der Waals surface area contributed by atoms with Crippen molar-refractivity contribution < 1.29 is 19.1 Å². The van der Waals surface area contributed by atoms with Gasteiger partial charge in [-0.2, -0.15) is 0 Å². The standard InChI is InChI=1S/C17H18ClNO4/c1-10-15(11(2)19(3)16(10)17(21)22-4)14(20)9-23-13-7-5-6-12(18)8-13/h5-8H,9H2,1-4H3. The van der Waals surface area contributed by atoms with Crippen LogP contribution in [-0.2, 0) is 11.8 Å². The summed E-state index contributed by atoms with van der Waals surface area (Å²) < 4.78 is 11.9. The second kappa shape index (κ2) is 6.87. The first-order valence-corrected chi connectivity index (χ1v) is 7.40. The predicted molar refractivity (Wildman–Crippen MR) is 87.5 cm³/mol. The summed E-state index contributed by atoms with van der Waals surface area (Å²) in [4.78, 5) is 24.4. The Balaban J connectivity index is 2.24. The van der Waals surface area contributed by atoms with Gasteiger partial charge in [0.25, 0.3) is 0 Å². The molecule has 0 bridgehead atoms. The molecule has 0 amide bonds. The first kappa shape index (κ1) is 17.1. The van der Waals surface area contributed by atoms with E-state index in [-0.39, 0.29) is 12.4 Å². The molecule has 0 unspecified atom stereocenters. The molecule has 0 aliphatic rings. The number of methoxy groups -OCH3 is 1. The molecule has 0 saturated heterocycles. The van der Waals surface area contributed by atoms with Crippen molar-refractivity contribution in [3.05, 3.63) is 51.8 Å². The molecule has 0 aliphatic carbocycles. The molecule has 5 nitrogen and oxygen atoms in total. The molecule has 0 spiro atoms. The Hall–Kier alpha value is -2.27. The van der Waals surface area contributed by atoms with Crippen molar-refractivity contribution in [2.75, 3.05) is 13.7 Å². The molecule has 1 aromatic heterocycles. The fourth-order valence-corrected chi connectivity index (χ4v) is 2.73. The lowest BCUT2D eigenvalue weighted by Gasteiger charge is -2.06. The van der Waals surface area contributed by atoms with E-state index < -0.39 is 5.97 Å². The molecule has 0 atom stereocenters. The molecular weight excluding hydrogens is 318 g/mol. The van der Waals surface area contributed by atoms with E-state index in [1.54, 1.807) is 49.7 Å². The zero-order valence-corrected chi connectivity index (χ0v) is 14.2. The third kappa shape index (κ3) is 3.40. The molecule has 0 fully saturated rings. The van der Waals surface area contributed by atoms with Crippen molar-refractivity contribution in [1.29, 1.82) is 0 Å². The van der Waals surface area contributed by atoms with Crippen LogP contribution in [0.2, 0.25) is 5.02 Å². The number of aromatic nitrogens is 1. The van der Waals surface area contributed by atoms with Gasteiger partial charge in [-0.05, 0) is 37.6 Å². The van der Waals surface area contributed by atoms with Gasteiger partial charge < -0.3 is 14.0 Å². The lowest BCUT2D eigenvalue weighted by Crippen LogP contribution is -2.13. The van der Waals surface area contributed by atoms with E-state index in [0.717, 1.165) is 0 Å². The fraction of sp³-hybridized carbons (Fsp3) is 0.294. The number of hydrogen-bond acceptors (Lipinski definition) is 4. The van der Waals surface area contributed by atoms with Gasteiger partial charge in [-0.15, -0.1) is 0 Å². The first-order chi connectivity index (χ1) is 10.9. The lowest BCUT2D eigenvalue weighted by atomic mass is 10.1. The van der Waals surface area contributed by atoms with E-state index in [9.17, 15) is 9.59 Å². The molecule has 6 heteroatoms. The topological polar surface area (TPSA) is 57.5 Å². The number of carbonyl (C=O) groups excluding carboxylic acids is 2. The van der Waals surface area contributed by atoms with Crippen LogP contribution in [0.25, 0.3) is 0 Å². The molecule has 2 aromatic rings. The van der Waals surface area contributed by atoms with Gasteiger partial charge in [0.1, 0.15) is 11.4 Å².